The first kappa shape index (κ1) is 36.5. The summed E-state index contributed by atoms with van der Waals surface area (Å²) in [6, 6.07) is 87.0. The van der Waals surface area contributed by atoms with Crippen molar-refractivity contribution in [3.8, 4) is 50.2 Å². The second-order valence-electron chi connectivity index (χ2n) is 16.0. The van der Waals surface area contributed by atoms with Crippen LogP contribution >= 0.6 is 0 Å². The second kappa shape index (κ2) is 15.3. The molecule has 12 rings (SSSR count). The van der Waals surface area contributed by atoms with Gasteiger partial charge in [-0.2, -0.15) is 0 Å². The lowest BCUT2D eigenvalue weighted by Gasteiger charge is -2.30. The number of fused-ring (bicyclic) bond motifs is 6. The molecular formula is C60H40N2O. The maximum Gasteiger partial charge on any atom is 0.143 e. The van der Waals surface area contributed by atoms with Crippen molar-refractivity contribution in [1.29, 1.82) is 0 Å². The lowest BCUT2D eigenvalue weighted by molar-refractivity contribution is 0.670. The van der Waals surface area contributed by atoms with Crippen LogP contribution in [0.1, 0.15) is 0 Å². The minimum Gasteiger partial charge on any atom is -0.455 e. The molecule has 296 valence electrons. The summed E-state index contributed by atoms with van der Waals surface area (Å²) in [7, 11) is 0. The molecule has 0 aliphatic heterocycles. The summed E-state index contributed by atoms with van der Waals surface area (Å²) in [5.74, 6) is 0. The van der Waals surface area contributed by atoms with E-state index in [1.54, 1.807) is 0 Å². The van der Waals surface area contributed by atoms with E-state index in [-0.39, 0.29) is 0 Å². The third-order valence-corrected chi connectivity index (χ3v) is 12.4. The van der Waals surface area contributed by atoms with Crippen molar-refractivity contribution in [2.24, 2.45) is 0 Å². The summed E-state index contributed by atoms with van der Waals surface area (Å²) in [5, 5.41) is 4.73. The first-order valence-corrected chi connectivity index (χ1v) is 21.5. The molecule has 3 heteroatoms. The molecule has 0 atom stereocenters. The molecule has 2 heterocycles. The highest BCUT2D eigenvalue weighted by Gasteiger charge is 2.24. The fourth-order valence-electron chi connectivity index (χ4n) is 9.54. The molecule has 2 aromatic heterocycles. The molecule has 12 aromatic rings. The maximum absolute atomic E-state index is 6.75. The van der Waals surface area contributed by atoms with Crippen molar-refractivity contribution >= 4 is 60.8 Å². The van der Waals surface area contributed by atoms with Gasteiger partial charge >= 0.3 is 0 Å². The second-order valence-corrected chi connectivity index (χ2v) is 16.0. The number of benzene rings is 10. The summed E-state index contributed by atoms with van der Waals surface area (Å²) in [4.78, 5) is 2.42. The summed E-state index contributed by atoms with van der Waals surface area (Å²) < 4.78 is 9.12. The number of anilines is 3. The van der Waals surface area contributed by atoms with Gasteiger partial charge in [-0.3, -0.25) is 0 Å². The van der Waals surface area contributed by atoms with Gasteiger partial charge in [0.2, 0.25) is 0 Å². The Morgan fingerprint density at radius 3 is 1.44 bits per heavy atom. The molecule has 0 aliphatic rings. The van der Waals surface area contributed by atoms with E-state index in [2.05, 4.69) is 246 Å². The van der Waals surface area contributed by atoms with Gasteiger partial charge in [0, 0.05) is 49.6 Å². The molecule has 0 N–H and O–H groups in total. The van der Waals surface area contributed by atoms with E-state index in [1.165, 1.54) is 21.8 Å². The van der Waals surface area contributed by atoms with Gasteiger partial charge in [-0.05, 0) is 88.5 Å². The van der Waals surface area contributed by atoms with Gasteiger partial charge in [0.15, 0.2) is 0 Å². The Morgan fingerprint density at radius 2 is 0.794 bits per heavy atom. The summed E-state index contributed by atoms with van der Waals surface area (Å²) >= 11 is 0. The minimum absolute atomic E-state index is 0.875. The zero-order valence-corrected chi connectivity index (χ0v) is 34.4. The van der Waals surface area contributed by atoms with Crippen LogP contribution in [0.5, 0.6) is 0 Å². The maximum atomic E-state index is 6.75. The van der Waals surface area contributed by atoms with Crippen molar-refractivity contribution in [2.75, 3.05) is 4.90 Å². The zero-order valence-electron chi connectivity index (χ0n) is 34.4. The van der Waals surface area contributed by atoms with Crippen molar-refractivity contribution in [1.82, 2.24) is 4.57 Å². The average molecular weight is 805 g/mol. The first-order chi connectivity index (χ1) is 31.3. The lowest BCUT2D eigenvalue weighted by atomic mass is 9.93. The molecule has 0 saturated carbocycles. The van der Waals surface area contributed by atoms with Gasteiger partial charge in [-0.15, -0.1) is 0 Å². The van der Waals surface area contributed by atoms with Crippen molar-refractivity contribution in [2.45, 2.75) is 0 Å². The highest BCUT2D eigenvalue weighted by atomic mass is 16.3. The van der Waals surface area contributed by atoms with Crippen LogP contribution in [0.25, 0.3) is 93.9 Å². The lowest BCUT2D eigenvalue weighted by Crippen LogP contribution is -2.12. The van der Waals surface area contributed by atoms with Crippen LogP contribution in [0.3, 0.4) is 0 Å². The van der Waals surface area contributed by atoms with Gasteiger partial charge in [0.25, 0.3) is 0 Å². The molecule has 0 bridgehead atoms. The Hall–Kier alpha value is -8.40. The number of nitrogens with zero attached hydrogens (tertiary/aromatic N) is 2. The van der Waals surface area contributed by atoms with Crippen molar-refractivity contribution < 1.29 is 4.42 Å². The Morgan fingerprint density at radius 1 is 0.317 bits per heavy atom. The van der Waals surface area contributed by atoms with Gasteiger partial charge in [0.05, 0.1) is 22.4 Å². The van der Waals surface area contributed by atoms with Crippen molar-refractivity contribution in [3.05, 3.63) is 243 Å². The Labute approximate surface area is 366 Å². The molecule has 63 heavy (non-hydrogen) atoms. The van der Waals surface area contributed by atoms with Gasteiger partial charge in [-0.1, -0.05) is 182 Å². The minimum atomic E-state index is 0.875. The zero-order chi connectivity index (χ0) is 41.7. The Kier molecular flexibility index (Phi) is 8.83. The summed E-state index contributed by atoms with van der Waals surface area (Å²) in [5.41, 5.74) is 17.6. The smallest absolute Gasteiger partial charge is 0.143 e. The Bertz CT molecular complexity index is 3550. The average Bonchev–Trinajstić information content (AvgIpc) is 3.92. The fraction of sp³-hybridized carbons (Fsp3) is 0. The summed E-state index contributed by atoms with van der Waals surface area (Å²) in [6.07, 6.45) is 0. The third-order valence-electron chi connectivity index (χ3n) is 12.4. The van der Waals surface area contributed by atoms with E-state index in [1.807, 2.05) is 6.07 Å². The molecular weight excluding hydrogens is 765 g/mol. The van der Waals surface area contributed by atoms with E-state index < -0.39 is 0 Å². The topological polar surface area (TPSA) is 21.3 Å². The highest BCUT2D eigenvalue weighted by molar-refractivity contribution is 6.17. The number of hydrogen-bond acceptors (Lipinski definition) is 2. The molecule has 0 saturated heterocycles. The molecule has 3 nitrogen and oxygen atoms in total. The van der Waals surface area contributed by atoms with Crippen LogP contribution in [-0.4, -0.2) is 4.57 Å². The molecule has 0 spiro atoms. The van der Waals surface area contributed by atoms with Crippen molar-refractivity contribution in [3.63, 3.8) is 0 Å². The number of hydrogen-bond donors (Lipinski definition) is 0. The van der Waals surface area contributed by atoms with E-state index in [0.717, 1.165) is 89.2 Å². The molecule has 0 fully saturated rings. The number of furan rings is 1. The normalized spacial score (nSPS) is 11.5. The van der Waals surface area contributed by atoms with Gasteiger partial charge < -0.3 is 13.9 Å². The Balaban J connectivity index is 1.01. The fourth-order valence-corrected chi connectivity index (χ4v) is 9.54. The van der Waals surface area contributed by atoms with Crippen LogP contribution in [0.15, 0.2) is 247 Å². The molecule has 0 unspecified atom stereocenters. The first-order valence-electron chi connectivity index (χ1n) is 21.5. The van der Waals surface area contributed by atoms with Crippen LogP contribution in [-0.2, 0) is 0 Å². The number of rotatable bonds is 8. The van der Waals surface area contributed by atoms with Crippen LogP contribution in [0.2, 0.25) is 0 Å². The molecule has 0 aliphatic carbocycles. The quantitative estimate of drug-likeness (QED) is 0.153. The predicted octanol–water partition coefficient (Wildman–Crippen LogP) is 16.8. The molecule has 0 amide bonds. The monoisotopic (exact) mass is 804 g/mol. The van der Waals surface area contributed by atoms with Crippen LogP contribution < -0.4 is 4.90 Å². The predicted molar refractivity (Wildman–Crippen MR) is 264 cm³/mol. The number of aromatic nitrogens is 1. The van der Waals surface area contributed by atoms with E-state index in [0.29, 0.717) is 0 Å². The van der Waals surface area contributed by atoms with E-state index in [4.69, 9.17) is 4.42 Å². The van der Waals surface area contributed by atoms with Gasteiger partial charge in [0.1, 0.15) is 11.2 Å². The largest absolute Gasteiger partial charge is 0.455 e. The standard InChI is InChI=1S/C60H40N2O/c1-3-17-43(18-4-1)47-21-7-12-26-54(47)61(45-35-31-41(32-36-45)42-33-37-46(38-34-42)62-55-27-13-8-22-49(55)50-23-9-14-28-56(50)62)57-29-15-10-24-51(57)52-40-39-48(44-19-5-2-6-20-44)60-59(52)53-25-11-16-30-58(53)63-60/h1-40H. The summed E-state index contributed by atoms with van der Waals surface area (Å²) in [6.45, 7) is 0. The highest BCUT2D eigenvalue weighted by Crippen LogP contribution is 2.48. The molecule has 10 aromatic carbocycles. The van der Waals surface area contributed by atoms with Crippen LogP contribution in [0, 0.1) is 0 Å². The SMILES string of the molecule is c1ccc(-c2ccccc2N(c2ccc(-c3ccc(-n4c5ccccc5c5ccccc54)cc3)cc2)c2ccccc2-c2ccc(-c3ccccc3)c3oc4ccccc4c23)cc1. The van der Waals surface area contributed by atoms with Crippen LogP contribution in [0.4, 0.5) is 17.1 Å². The van der Waals surface area contributed by atoms with E-state index in [9.17, 15) is 0 Å². The molecule has 0 radical (unpaired) electrons. The number of para-hydroxylation sites is 5. The van der Waals surface area contributed by atoms with E-state index >= 15 is 0 Å². The third kappa shape index (κ3) is 6.21. The van der Waals surface area contributed by atoms with Gasteiger partial charge in [-0.25, -0.2) is 0 Å².